The maximum absolute atomic E-state index is 12.3. The van der Waals surface area contributed by atoms with Crippen LogP contribution in [0.4, 0.5) is 4.79 Å². The molecule has 4 nitrogen and oxygen atoms in total. The number of hydrogen-bond acceptors (Lipinski definition) is 2. The molecule has 2 amide bonds. The van der Waals surface area contributed by atoms with Gasteiger partial charge in [0.1, 0.15) is 0 Å². The summed E-state index contributed by atoms with van der Waals surface area (Å²) in [6.07, 6.45) is 7.36. The summed E-state index contributed by atoms with van der Waals surface area (Å²) in [6, 6.07) is 10.6. The molecule has 120 valence electrons. The van der Waals surface area contributed by atoms with Gasteiger partial charge in [0.05, 0.1) is 6.10 Å². The molecule has 0 bridgehead atoms. The van der Waals surface area contributed by atoms with E-state index in [0.29, 0.717) is 19.1 Å². The maximum atomic E-state index is 12.3. The molecule has 0 spiro atoms. The molecule has 0 saturated heterocycles. The van der Waals surface area contributed by atoms with E-state index in [1.54, 1.807) is 7.11 Å². The van der Waals surface area contributed by atoms with Crippen LogP contribution < -0.4 is 5.32 Å². The van der Waals surface area contributed by atoms with Gasteiger partial charge in [-0.3, -0.25) is 0 Å². The van der Waals surface area contributed by atoms with Gasteiger partial charge in [-0.25, -0.2) is 4.79 Å². The van der Waals surface area contributed by atoms with Crippen LogP contribution in [0.1, 0.15) is 31.7 Å². The Morgan fingerprint density at radius 3 is 2.77 bits per heavy atom. The molecular formula is C18H26N2O2. The molecular weight excluding hydrogens is 276 g/mol. The third kappa shape index (κ3) is 5.53. The van der Waals surface area contributed by atoms with E-state index in [2.05, 4.69) is 29.6 Å². The predicted octanol–water partition coefficient (Wildman–Crippen LogP) is 3.30. The van der Waals surface area contributed by atoms with Crippen molar-refractivity contribution in [1.82, 2.24) is 10.2 Å². The minimum atomic E-state index is 0.0310. The molecule has 1 aliphatic carbocycles. The molecule has 0 unspecified atom stereocenters. The predicted molar refractivity (Wildman–Crippen MR) is 89.7 cm³/mol. The van der Waals surface area contributed by atoms with Crippen molar-refractivity contribution in [2.45, 2.75) is 38.3 Å². The minimum Gasteiger partial charge on any atom is -0.382 e. The summed E-state index contributed by atoms with van der Waals surface area (Å²) < 4.78 is 5.19. The van der Waals surface area contributed by atoms with Crippen LogP contribution in [0.3, 0.4) is 0 Å². The first-order valence-corrected chi connectivity index (χ1v) is 7.99. The van der Waals surface area contributed by atoms with Crippen LogP contribution in [-0.2, 0) is 4.74 Å². The Morgan fingerprint density at radius 1 is 1.41 bits per heavy atom. The SMILES string of the molecule is CO[C@@H](C)CCNC(=O)N(C/C=C/c1ccccc1)C1CC1. The molecule has 2 rings (SSSR count). The monoisotopic (exact) mass is 302 g/mol. The average molecular weight is 302 g/mol. The van der Waals surface area contributed by atoms with Crippen molar-refractivity contribution in [1.29, 1.82) is 0 Å². The van der Waals surface area contributed by atoms with Gasteiger partial charge in [0, 0.05) is 26.2 Å². The molecule has 4 heteroatoms. The van der Waals surface area contributed by atoms with E-state index in [0.717, 1.165) is 24.8 Å². The highest BCUT2D eigenvalue weighted by Gasteiger charge is 2.31. The number of methoxy groups -OCH3 is 1. The Bertz CT molecular complexity index is 483. The lowest BCUT2D eigenvalue weighted by atomic mass is 10.2. The van der Waals surface area contributed by atoms with Crippen LogP contribution in [0.2, 0.25) is 0 Å². The van der Waals surface area contributed by atoms with E-state index in [1.807, 2.05) is 30.0 Å². The molecule has 0 aliphatic heterocycles. The van der Waals surface area contributed by atoms with Crippen molar-refractivity contribution < 1.29 is 9.53 Å². The van der Waals surface area contributed by atoms with Crippen LogP contribution in [0, 0.1) is 0 Å². The lowest BCUT2D eigenvalue weighted by Gasteiger charge is -2.21. The molecule has 1 atom stereocenters. The first kappa shape index (κ1) is 16.6. The molecule has 0 aromatic heterocycles. The first-order valence-electron chi connectivity index (χ1n) is 7.99. The van der Waals surface area contributed by atoms with Gasteiger partial charge in [-0.05, 0) is 31.7 Å². The molecule has 1 saturated carbocycles. The van der Waals surface area contributed by atoms with E-state index in [4.69, 9.17) is 4.74 Å². The molecule has 1 aliphatic rings. The van der Waals surface area contributed by atoms with Gasteiger partial charge in [-0.1, -0.05) is 42.5 Å². The zero-order valence-electron chi connectivity index (χ0n) is 13.5. The highest BCUT2D eigenvalue weighted by Crippen LogP contribution is 2.26. The second-order valence-corrected chi connectivity index (χ2v) is 5.76. The Balaban J connectivity index is 1.79. The third-order valence-corrected chi connectivity index (χ3v) is 3.89. The maximum Gasteiger partial charge on any atom is 0.317 e. The van der Waals surface area contributed by atoms with Gasteiger partial charge in [0.2, 0.25) is 0 Å². The standard InChI is InChI=1S/C18H26N2O2/c1-15(22-2)12-13-19-18(21)20(17-10-11-17)14-6-9-16-7-4-3-5-8-16/h3-9,15,17H,10-14H2,1-2H3,(H,19,21)/b9-6+/t15-/m0/s1. The fourth-order valence-corrected chi connectivity index (χ4v) is 2.25. The molecule has 1 aromatic carbocycles. The normalized spacial score (nSPS) is 15.7. The van der Waals surface area contributed by atoms with Crippen LogP contribution in [0.15, 0.2) is 36.4 Å². The summed E-state index contributed by atoms with van der Waals surface area (Å²) >= 11 is 0. The van der Waals surface area contributed by atoms with Gasteiger partial charge in [-0.15, -0.1) is 0 Å². The topological polar surface area (TPSA) is 41.6 Å². The van der Waals surface area contributed by atoms with Crippen LogP contribution in [-0.4, -0.2) is 43.3 Å². The fourth-order valence-electron chi connectivity index (χ4n) is 2.25. The van der Waals surface area contributed by atoms with Crippen molar-refractivity contribution in [3.8, 4) is 0 Å². The molecule has 0 heterocycles. The minimum absolute atomic E-state index is 0.0310. The Morgan fingerprint density at radius 2 is 2.14 bits per heavy atom. The second kappa shape index (κ2) is 8.59. The molecule has 1 aromatic rings. The highest BCUT2D eigenvalue weighted by molar-refractivity contribution is 5.75. The number of benzene rings is 1. The van der Waals surface area contributed by atoms with Crippen molar-refractivity contribution in [3.63, 3.8) is 0 Å². The summed E-state index contributed by atoms with van der Waals surface area (Å²) in [7, 11) is 1.69. The van der Waals surface area contributed by atoms with E-state index >= 15 is 0 Å². The van der Waals surface area contributed by atoms with Gasteiger partial charge in [0.25, 0.3) is 0 Å². The molecule has 22 heavy (non-hydrogen) atoms. The number of nitrogens with one attached hydrogen (secondary N) is 1. The quantitative estimate of drug-likeness (QED) is 0.800. The Labute approximate surface area is 133 Å². The van der Waals surface area contributed by atoms with Gasteiger partial charge in [0.15, 0.2) is 0 Å². The van der Waals surface area contributed by atoms with E-state index in [1.165, 1.54) is 0 Å². The summed E-state index contributed by atoms with van der Waals surface area (Å²) in [5.74, 6) is 0. The smallest absolute Gasteiger partial charge is 0.317 e. The van der Waals surface area contributed by atoms with Gasteiger partial charge >= 0.3 is 6.03 Å². The van der Waals surface area contributed by atoms with Crippen LogP contribution in [0.5, 0.6) is 0 Å². The number of carbonyl (C=O) groups excluding carboxylic acids is 1. The fraction of sp³-hybridized carbons (Fsp3) is 0.500. The van der Waals surface area contributed by atoms with Crippen molar-refractivity contribution in [3.05, 3.63) is 42.0 Å². The Kier molecular flexibility index (Phi) is 6.46. The largest absolute Gasteiger partial charge is 0.382 e. The zero-order chi connectivity index (χ0) is 15.8. The molecule has 1 N–H and O–H groups in total. The average Bonchev–Trinajstić information content (AvgIpc) is 3.37. The van der Waals surface area contributed by atoms with Crippen LogP contribution >= 0.6 is 0 Å². The molecule has 1 fully saturated rings. The highest BCUT2D eigenvalue weighted by atomic mass is 16.5. The van der Waals surface area contributed by atoms with Gasteiger partial charge < -0.3 is 15.0 Å². The van der Waals surface area contributed by atoms with Crippen molar-refractivity contribution in [2.24, 2.45) is 0 Å². The lowest BCUT2D eigenvalue weighted by Crippen LogP contribution is -2.42. The third-order valence-electron chi connectivity index (χ3n) is 3.89. The van der Waals surface area contributed by atoms with Gasteiger partial charge in [-0.2, -0.15) is 0 Å². The number of hydrogen-bond donors (Lipinski definition) is 1. The van der Waals surface area contributed by atoms with Crippen molar-refractivity contribution >= 4 is 12.1 Å². The summed E-state index contributed by atoms with van der Waals surface area (Å²) in [5, 5.41) is 2.99. The first-order chi connectivity index (χ1) is 10.7. The number of amides is 2. The summed E-state index contributed by atoms with van der Waals surface area (Å²) in [6.45, 7) is 3.32. The van der Waals surface area contributed by atoms with E-state index in [9.17, 15) is 4.79 Å². The summed E-state index contributed by atoms with van der Waals surface area (Å²) in [5.41, 5.74) is 1.16. The number of ether oxygens (including phenoxy) is 1. The zero-order valence-corrected chi connectivity index (χ0v) is 13.5. The van der Waals surface area contributed by atoms with Crippen LogP contribution in [0.25, 0.3) is 6.08 Å². The Hall–Kier alpha value is -1.81. The van der Waals surface area contributed by atoms with E-state index in [-0.39, 0.29) is 12.1 Å². The summed E-state index contributed by atoms with van der Waals surface area (Å²) in [4.78, 5) is 14.2. The number of rotatable bonds is 8. The second-order valence-electron chi connectivity index (χ2n) is 5.76. The van der Waals surface area contributed by atoms with Crippen molar-refractivity contribution in [2.75, 3.05) is 20.2 Å². The van der Waals surface area contributed by atoms with E-state index < -0.39 is 0 Å². The number of carbonyl (C=O) groups is 1. The number of nitrogens with zero attached hydrogens (tertiary/aromatic N) is 1. The molecule has 0 radical (unpaired) electrons. The number of urea groups is 1. The lowest BCUT2D eigenvalue weighted by molar-refractivity contribution is 0.110.